The van der Waals surface area contributed by atoms with Crippen LogP contribution in [0.15, 0.2) is 66.9 Å². The van der Waals surface area contributed by atoms with Crippen molar-refractivity contribution in [1.82, 2.24) is 14.7 Å². The van der Waals surface area contributed by atoms with Gasteiger partial charge in [0.25, 0.3) is 5.91 Å². The number of carbonyl (C=O) groups is 1. The smallest absolute Gasteiger partial charge is 0.257 e. The van der Waals surface area contributed by atoms with Crippen LogP contribution in [0.2, 0.25) is 0 Å². The fourth-order valence-electron chi connectivity index (χ4n) is 3.70. The van der Waals surface area contributed by atoms with E-state index in [1.54, 1.807) is 7.11 Å². The number of ether oxygens (including phenoxy) is 1. The van der Waals surface area contributed by atoms with Crippen molar-refractivity contribution < 1.29 is 9.53 Å². The molecule has 3 aromatic rings. The van der Waals surface area contributed by atoms with E-state index >= 15 is 0 Å². The maximum atomic E-state index is 13.3. The normalized spacial score (nSPS) is 15.0. The van der Waals surface area contributed by atoms with Crippen molar-refractivity contribution in [2.75, 3.05) is 20.2 Å². The Morgan fingerprint density at radius 3 is 2.32 bits per heavy atom. The molecule has 0 saturated carbocycles. The summed E-state index contributed by atoms with van der Waals surface area (Å²) in [6, 6.07) is 20.1. The molecular formula is C23H25N3O2. The Morgan fingerprint density at radius 2 is 1.68 bits per heavy atom. The molecule has 144 valence electrons. The van der Waals surface area contributed by atoms with Gasteiger partial charge in [0.05, 0.1) is 18.2 Å². The van der Waals surface area contributed by atoms with Crippen LogP contribution in [-0.4, -0.2) is 46.9 Å². The molecule has 0 unspecified atom stereocenters. The standard InChI is InChI=1S/C23H25N3O2/c1-28-20-12-14-25(15-13-20)23(27)21-17-26(16-18-8-4-2-5-9-18)24-22(21)19-10-6-3-7-11-19/h2-11,17,20H,12-16H2,1H3. The second-order valence-corrected chi connectivity index (χ2v) is 7.17. The van der Waals surface area contributed by atoms with Crippen molar-refractivity contribution in [3.8, 4) is 11.3 Å². The predicted molar refractivity (Wildman–Crippen MR) is 109 cm³/mol. The Balaban J connectivity index is 1.64. The summed E-state index contributed by atoms with van der Waals surface area (Å²) < 4.78 is 7.30. The first-order valence-corrected chi connectivity index (χ1v) is 9.73. The van der Waals surface area contributed by atoms with Gasteiger partial charge in [-0.2, -0.15) is 5.10 Å². The highest BCUT2D eigenvalue weighted by atomic mass is 16.5. The molecule has 1 saturated heterocycles. The number of hydrogen-bond acceptors (Lipinski definition) is 3. The fourth-order valence-corrected chi connectivity index (χ4v) is 3.70. The number of amides is 1. The number of hydrogen-bond donors (Lipinski definition) is 0. The first-order chi connectivity index (χ1) is 13.7. The summed E-state index contributed by atoms with van der Waals surface area (Å²) in [7, 11) is 1.74. The van der Waals surface area contributed by atoms with E-state index in [-0.39, 0.29) is 12.0 Å². The lowest BCUT2D eigenvalue weighted by Crippen LogP contribution is -2.40. The Labute approximate surface area is 165 Å². The number of methoxy groups -OCH3 is 1. The Hall–Kier alpha value is -2.92. The summed E-state index contributed by atoms with van der Waals surface area (Å²) in [6.45, 7) is 2.07. The van der Waals surface area contributed by atoms with E-state index in [9.17, 15) is 4.79 Å². The molecule has 1 aromatic heterocycles. The maximum Gasteiger partial charge on any atom is 0.257 e. The van der Waals surface area contributed by atoms with Gasteiger partial charge in [-0.15, -0.1) is 0 Å². The molecule has 0 radical (unpaired) electrons. The van der Waals surface area contributed by atoms with Gasteiger partial charge in [-0.25, -0.2) is 0 Å². The number of likely N-dealkylation sites (tertiary alicyclic amines) is 1. The van der Waals surface area contributed by atoms with E-state index < -0.39 is 0 Å². The zero-order valence-corrected chi connectivity index (χ0v) is 16.1. The topological polar surface area (TPSA) is 47.4 Å². The van der Waals surface area contributed by atoms with Crippen LogP contribution in [0.1, 0.15) is 28.8 Å². The molecule has 2 heterocycles. The van der Waals surface area contributed by atoms with E-state index in [1.807, 2.05) is 64.3 Å². The van der Waals surface area contributed by atoms with Crippen molar-refractivity contribution in [3.05, 3.63) is 78.0 Å². The molecule has 1 aliphatic rings. The van der Waals surface area contributed by atoms with E-state index in [4.69, 9.17) is 9.84 Å². The average Bonchev–Trinajstić information content (AvgIpc) is 3.18. The minimum absolute atomic E-state index is 0.0488. The van der Waals surface area contributed by atoms with Gasteiger partial charge in [0.15, 0.2) is 0 Å². The van der Waals surface area contributed by atoms with Gasteiger partial charge in [-0.05, 0) is 18.4 Å². The van der Waals surface area contributed by atoms with E-state index in [1.165, 1.54) is 0 Å². The van der Waals surface area contributed by atoms with Crippen LogP contribution in [0.5, 0.6) is 0 Å². The lowest BCUT2D eigenvalue weighted by Gasteiger charge is -2.31. The number of nitrogens with zero attached hydrogens (tertiary/aromatic N) is 3. The van der Waals surface area contributed by atoms with E-state index in [0.717, 1.165) is 42.8 Å². The van der Waals surface area contributed by atoms with Crippen molar-refractivity contribution in [2.45, 2.75) is 25.5 Å². The van der Waals surface area contributed by atoms with Crippen LogP contribution in [0.4, 0.5) is 0 Å². The van der Waals surface area contributed by atoms with Crippen molar-refractivity contribution in [3.63, 3.8) is 0 Å². The molecular weight excluding hydrogens is 350 g/mol. The summed E-state index contributed by atoms with van der Waals surface area (Å²) in [4.78, 5) is 15.2. The highest BCUT2D eigenvalue weighted by Gasteiger charge is 2.27. The fraction of sp³-hybridized carbons (Fsp3) is 0.304. The van der Waals surface area contributed by atoms with Gasteiger partial charge in [0.2, 0.25) is 0 Å². The molecule has 5 heteroatoms. The number of piperidine rings is 1. The molecule has 0 bridgehead atoms. The van der Waals surface area contributed by atoms with E-state index in [0.29, 0.717) is 12.1 Å². The monoisotopic (exact) mass is 375 g/mol. The molecule has 5 nitrogen and oxygen atoms in total. The summed E-state index contributed by atoms with van der Waals surface area (Å²) in [6.07, 6.45) is 3.89. The maximum absolute atomic E-state index is 13.3. The summed E-state index contributed by atoms with van der Waals surface area (Å²) in [5.41, 5.74) is 3.53. The van der Waals surface area contributed by atoms with Gasteiger partial charge >= 0.3 is 0 Å². The Kier molecular flexibility index (Phi) is 5.53. The molecule has 1 amide bonds. The molecule has 1 aliphatic heterocycles. The Morgan fingerprint density at radius 1 is 1.04 bits per heavy atom. The third kappa shape index (κ3) is 3.99. The number of carbonyl (C=O) groups excluding carboxylic acids is 1. The van der Waals surface area contributed by atoms with Gasteiger partial charge in [0.1, 0.15) is 5.69 Å². The molecule has 4 rings (SSSR count). The van der Waals surface area contributed by atoms with Crippen LogP contribution in [-0.2, 0) is 11.3 Å². The number of benzene rings is 2. The molecule has 28 heavy (non-hydrogen) atoms. The zero-order valence-electron chi connectivity index (χ0n) is 16.1. The largest absolute Gasteiger partial charge is 0.381 e. The van der Waals surface area contributed by atoms with Crippen molar-refractivity contribution in [1.29, 1.82) is 0 Å². The average molecular weight is 375 g/mol. The Bertz CT molecular complexity index is 914. The minimum atomic E-state index is 0.0488. The van der Waals surface area contributed by atoms with E-state index in [2.05, 4.69) is 12.1 Å². The van der Waals surface area contributed by atoms with Gasteiger partial charge in [-0.3, -0.25) is 9.48 Å². The summed E-state index contributed by atoms with van der Waals surface area (Å²) in [5.74, 6) is 0.0488. The highest BCUT2D eigenvalue weighted by Crippen LogP contribution is 2.25. The third-order valence-corrected chi connectivity index (χ3v) is 5.29. The minimum Gasteiger partial charge on any atom is -0.381 e. The lowest BCUT2D eigenvalue weighted by atomic mass is 10.0. The predicted octanol–water partition coefficient (Wildman–Crippen LogP) is 3.85. The summed E-state index contributed by atoms with van der Waals surface area (Å²) >= 11 is 0. The molecule has 1 fully saturated rings. The van der Waals surface area contributed by atoms with Gasteiger partial charge < -0.3 is 9.64 Å². The van der Waals surface area contributed by atoms with Crippen LogP contribution in [0, 0.1) is 0 Å². The molecule has 2 aromatic carbocycles. The van der Waals surface area contributed by atoms with Crippen LogP contribution >= 0.6 is 0 Å². The molecule has 0 N–H and O–H groups in total. The molecule has 0 aliphatic carbocycles. The van der Waals surface area contributed by atoms with Crippen LogP contribution in [0.3, 0.4) is 0 Å². The SMILES string of the molecule is COC1CCN(C(=O)c2cn(Cc3ccccc3)nc2-c2ccccc2)CC1. The van der Waals surface area contributed by atoms with Crippen LogP contribution < -0.4 is 0 Å². The number of rotatable bonds is 5. The van der Waals surface area contributed by atoms with Crippen LogP contribution in [0.25, 0.3) is 11.3 Å². The summed E-state index contributed by atoms with van der Waals surface area (Å²) in [5, 5.41) is 4.77. The van der Waals surface area contributed by atoms with Crippen molar-refractivity contribution >= 4 is 5.91 Å². The second kappa shape index (κ2) is 8.40. The molecule has 0 atom stereocenters. The highest BCUT2D eigenvalue weighted by molar-refractivity contribution is 5.99. The molecule has 0 spiro atoms. The zero-order chi connectivity index (χ0) is 19.3. The van der Waals surface area contributed by atoms with Crippen molar-refractivity contribution in [2.24, 2.45) is 0 Å². The van der Waals surface area contributed by atoms with Gasteiger partial charge in [-0.1, -0.05) is 60.7 Å². The third-order valence-electron chi connectivity index (χ3n) is 5.29. The number of aromatic nitrogens is 2. The first-order valence-electron chi connectivity index (χ1n) is 9.73. The first kappa shape index (κ1) is 18.4. The second-order valence-electron chi connectivity index (χ2n) is 7.17. The quantitative estimate of drug-likeness (QED) is 0.681. The lowest BCUT2D eigenvalue weighted by molar-refractivity contribution is 0.0351. The van der Waals surface area contributed by atoms with Gasteiger partial charge in [0, 0.05) is 32.0 Å².